The number of aryl methyl sites for hydroxylation is 1. The van der Waals surface area contributed by atoms with Crippen LogP contribution in [0.3, 0.4) is 0 Å². The fraction of sp³-hybridized carbons (Fsp3) is 0.333. The maximum atomic E-state index is 13.0. The predicted molar refractivity (Wildman–Crippen MR) is 119 cm³/mol. The van der Waals surface area contributed by atoms with Crippen LogP contribution in [-0.4, -0.2) is 49.6 Å². The summed E-state index contributed by atoms with van der Waals surface area (Å²) in [5.41, 5.74) is 3.63. The number of hydrogen-bond acceptors (Lipinski definition) is 5. The summed E-state index contributed by atoms with van der Waals surface area (Å²) in [4.78, 5) is 38.1. The van der Waals surface area contributed by atoms with E-state index in [0.717, 1.165) is 18.4 Å². The lowest BCUT2D eigenvalue weighted by atomic mass is 9.89. The van der Waals surface area contributed by atoms with Crippen LogP contribution < -0.4 is 10.6 Å². The molecule has 1 heterocycles. The highest BCUT2D eigenvalue weighted by molar-refractivity contribution is 5.98. The van der Waals surface area contributed by atoms with Crippen molar-refractivity contribution in [3.8, 4) is 6.07 Å². The molecule has 0 aliphatic carbocycles. The molecule has 1 aliphatic heterocycles. The summed E-state index contributed by atoms with van der Waals surface area (Å²) in [6.07, 6.45) is 1.70. The van der Waals surface area contributed by atoms with E-state index in [9.17, 15) is 14.4 Å². The molecular weight excluding hydrogens is 408 g/mol. The van der Waals surface area contributed by atoms with Crippen molar-refractivity contribution in [2.75, 3.05) is 32.1 Å². The molecule has 2 aromatic rings. The third kappa shape index (κ3) is 5.64. The lowest BCUT2D eigenvalue weighted by molar-refractivity contribution is -0.139. The largest absolute Gasteiger partial charge is 0.468 e. The first-order valence-corrected chi connectivity index (χ1v) is 10.4. The molecule has 0 bridgehead atoms. The number of nitrogens with one attached hydrogen (secondary N) is 2. The molecule has 0 atom stereocenters. The van der Waals surface area contributed by atoms with Crippen molar-refractivity contribution in [3.05, 3.63) is 64.7 Å². The molecular formula is C24H26N4O4. The molecule has 1 saturated heterocycles. The first-order chi connectivity index (χ1) is 15.4. The van der Waals surface area contributed by atoms with Gasteiger partial charge in [0.2, 0.25) is 0 Å². The Bertz CT molecular complexity index is 1030. The second-order valence-electron chi connectivity index (χ2n) is 7.71. The van der Waals surface area contributed by atoms with Gasteiger partial charge in [-0.1, -0.05) is 18.2 Å². The molecule has 0 unspecified atom stereocenters. The number of ether oxygens (including phenoxy) is 1. The van der Waals surface area contributed by atoms with Gasteiger partial charge in [0.05, 0.1) is 18.7 Å². The molecule has 3 amide bonds. The van der Waals surface area contributed by atoms with Crippen molar-refractivity contribution in [3.63, 3.8) is 0 Å². The Labute approximate surface area is 187 Å². The van der Waals surface area contributed by atoms with Crippen LogP contribution >= 0.6 is 0 Å². The van der Waals surface area contributed by atoms with Crippen LogP contribution in [0.5, 0.6) is 0 Å². The number of benzene rings is 2. The Hall–Kier alpha value is -3.86. The van der Waals surface area contributed by atoms with Crippen molar-refractivity contribution >= 4 is 23.6 Å². The van der Waals surface area contributed by atoms with E-state index in [4.69, 9.17) is 5.26 Å². The van der Waals surface area contributed by atoms with Crippen LogP contribution in [0, 0.1) is 18.3 Å². The third-order valence-corrected chi connectivity index (χ3v) is 5.65. The van der Waals surface area contributed by atoms with Crippen molar-refractivity contribution in [1.82, 2.24) is 10.2 Å². The molecule has 0 aromatic heterocycles. The topological polar surface area (TPSA) is 112 Å². The number of piperidine rings is 1. The van der Waals surface area contributed by atoms with E-state index in [0.29, 0.717) is 35.8 Å². The lowest BCUT2D eigenvalue weighted by Gasteiger charge is -2.32. The van der Waals surface area contributed by atoms with Crippen molar-refractivity contribution in [2.45, 2.75) is 25.7 Å². The Morgan fingerprint density at radius 3 is 2.44 bits per heavy atom. The molecule has 1 aliphatic rings. The summed E-state index contributed by atoms with van der Waals surface area (Å²) in [5, 5.41) is 14.0. The fourth-order valence-electron chi connectivity index (χ4n) is 3.71. The minimum absolute atomic E-state index is 0.0821. The van der Waals surface area contributed by atoms with Gasteiger partial charge in [-0.15, -0.1) is 0 Å². The number of hydrogen-bond donors (Lipinski definition) is 2. The number of nitrogens with zero attached hydrogens (tertiary/aromatic N) is 2. The molecule has 0 spiro atoms. The van der Waals surface area contributed by atoms with Gasteiger partial charge in [-0.05, 0) is 61.1 Å². The Morgan fingerprint density at radius 2 is 1.81 bits per heavy atom. The van der Waals surface area contributed by atoms with E-state index < -0.39 is 12.0 Å². The molecule has 2 N–H and O–H groups in total. The quantitative estimate of drug-likeness (QED) is 0.702. The standard InChI is InChI=1S/C24H26N4O4/c1-16-3-6-20(13-21(16)27-24(31)26-15-22(29)32-2)23(30)28-11-9-19(10-12-28)18-7-4-17(14-25)5-8-18/h3-8,13,19H,9-12,15H2,1-2H3,(H2,26,27,31). The summed E-state index contributed by atoms with van der Waals surface area (Å²) < 4.78 is 4.49. The first-order valence-electron chi connectivity index (χ1n) is 10.4. The van der Waals surface area contributed by atoms with E-state index in [-0.39, 0.29) is 12.5 Å². The van der Waals surface area contributed by atoms with Gasteiger partial charge >= 0.3 is 12.0 Å². The van der Waals surface area contributed by atoms with Crippen molar-refractivity contribution in [1.29, 1.82) is 5.26 Å². The SMILES string of the molecule is COC(=O)CNC(=O)Nc1cc(C(=O)N2CCC(c3ccc(C#N)cc3)CC2)ccc1C. The number of rotatable bonds is 5. The van der Waals surface area contributed by atoms with Crippen LogP contribution in [0.2, 0.25) is 0 Å². The molecule has 8 heteroatoms. The molecule has 166 valence electrons. The third-order valence-electron chi connectivity index (χ3n) is 5.65. The van der Waals surface area contributed by atoms with E-state index >= 15 is 0 Å². The van der Waals surface area contributed by atoms with Gasteiger partial charge in [0.25, 0.3) is 5.91 Å². The average Bonchev–Trinajstić information content (AvgIpc) is 2.83. The maximum Gasteiger partial charge on any atom is 0.325 e. The molecule has 1 fully saturated rings. The van der Waals surface area contributed by atoms with Crippen molar-refractivity contribution in [2.24, 2.45) is 0 Å². The van der Waals surface area contributed by atoms with Gasteiger partial charge < -0.3 is 20.3 Å². The minimum atomic E-state index is -0.551. The number of methoxy groups -OCH3 is 1. The van der Waals surface area contributed by atoms with E-state index in [2.05, 4.69) is 21.4 Å². The van der Waals surface area contributed by atoms with Gasteiger partial charge in [-0.25, -0.2) is 4.79 Å². The molecule has 8 nitrogen and oxygen atoms in total. The number of anilines is 1. The summed E-state index contributed by atoms with van der Waals surface area (Å²) in [5.74, 6) is -0.271. The first kappa shape index (κ1) is 22.8. The highest BCUT2D eigenvalue weighted by Gasteiger charge is 2.25. The Balaban J connectivity index is 1.60. The van der Waals surface area contributed by atoms with E-state index in [1.165, 1.54) is 12.7 Å². The number of nitriles is 1. The molecule has 3 rings (SSSR count). The van der Waals surface area contributed by atoms with Gasteiger partial charge in [-0.2, -0.15) is 5.26 Å². The Kier molecular flexibility index (Phi) is 7.45. The summed E-state index contributed by atoms with van der Waals surface area (Å²) in [6, 6.07) is 14.4. The number of urea groups is 1. The zero-order chi connectivity index (χ0) is 23.1. The van der Waals surface area contributed by atoms with Crippen LogP contribution in [-0.2, 0) is 9.53 Å². The van der Waals surface area contributed by atoms with Crippen molar-refractivity contribution < 1.29 is 19.1 Å². The molecule has 2 aromatic carbocycles. The molecule has 0 radical (unpaired) electrons. The minimum Gasteiger partial charge on any atom is -0.468 e. The Morgan fingerprint density at radius 1 is 1.12 bits per heavy atom. The zero-order valence-electron chi connectivity index (χ0n) is 18.2. The molecule has 32 heavy (non-hydrogen) atoms. The number of esters is 1. The van der Waals surface area contributed by atoms with Crippen LogP contribution in [0.4, 0.5) is 10.5 Å². The van der Waals surface area contributed by atoms with Crippen LogP contribution in [0.25, 0.3) is 0 Å². The normalized spacial score (nSPS) is 13.7. The molecule has 0 saturated carbocycles. The summed E-state index contributed by atoms with van der Waals surface area (Å²) in [6.45, 7) is 2.86. The van der Waals surface area contributed by atoms with Gasteiger partial charge in [0.1, 0.15) is 6.54 Å². The van der Waals surface area contributed by atoms with E-state index in [1.807, 2.05) is 36.1 Å². The van der Waals surface area contributed by atoms with Gasteiger partial charge in [-0.3, -0.25) is 9.59 Å². The number of carbonyl (C=O) groups excluding carboxylic acids is 3. The fourth-order valence-corrected chi connectivity index (χ4v) is 3.71. The van der Waals surface area contributed by atoms with Gasteiger partial charge in [0.15, 0.2) is 0 Å². The highest BCUT2D eigenvalue weighted by Crippen LogP contribution is 2.29. The maximum absolute atomic E-state index is 13.0. The van der Waals surface area contributed by atoms with Crippen LogP contribution in [0.1, 0.15) is 45.8 Å². The smallest absolute Gasteiger partial charge is 0.325 e. The summed E-state index contributed by atoms with van der Waals surface area (Å²) >= 11 is 0. The second kappa shape index (κ2) is 10.4. The number of likely N-dealkylation sites (tertiary alicyclic amines) is 1. The monoisotopic (exact) mass is 434 g/mol. The summed E-state index contributed by atoms with van der Waals surface area (Å²) in [7, 11) is 1.24. The second-order valence-corrected chi connectivity index (χ2v) is 7.71. The van der Waals surface area contributed by atoms with E-state index in [1.54, 1.807) is 18.2 Å². The number of carbonyl (C=O) groups is 3. The lowest BCUT2D eigenvalue weighted by Crippen LogP contribution is -2.38. The van der Waals surface area contributed by atoms with Gasteiger partial charge in [0, 0.05) is 24.3 Å². The zero-order valence-corrected chi connectivity index (χ0v) is 18.2. The predicted octanol–water partition coefficient (Wildman–Crippen LogP) is 3.18. The highest BCUT2D eigenvalue weighted by atomic mass is 16.5. The average molecular weight is 434 g/mol. The van der Waals surface area contributed by atoms with Crippen LogP contribution in [0.15, 0.2) is 42.5 Å². The number of amides is 3.